The fourth-order valence-corrected chi connectivity index (χ4v) is 4.84. The van der Waals surface area contributed by atoms with Crippen molar-refractivity contribution >= 4 is 17.4 Å². The van der Waals surface area contributed by atoms with Crippen LogP contribution in [-0.4, -0.2) is 27.7 Å². The molecule has 0 radical (unpaired) electrons. The molecule has 1 atom stereocenters. The first-order chi connectivity index (χ1) is 14.8. The number of carbonyl (C=O) groups excluding carboxylic acids is 2. The Kier molecular flexibility index (Phi) is 5.74. The highest BCUT2D eigenvalue weighted by atomic mass is 16.3. The van der Waals surface area contributed by atoms with Crippen molar-refractivity contribution in [2.45, 2.75) is 71.4 Å². The number of aliphatic hydroxyl groups is 1. The molecule has 2 aromatic rings. The lowest BCUT2D eigenvalue weighted by Gasteiger charge is -2.31. The van der Waals surface area contributed by atoms with Crippen molar-refractivity contribution in [3.05, 3.63) is 75.9 Å². The molecule has 162 valence electrons. The third-order valence-corrected chi connectivity index (χ3v) is 6.90. The van der Waals surface area contributed by atoms with Crippen molar-refractivity contribution < 1.29 is 14.7 Å². The highest BCUT2D eigenvalue weighted by Crippen LogP contribution is 2.43. The predicted molar refractivity (Wildman–Crippen MR) is 123 cm³/mol. The quantitative estimate of drug-likeness (QED) is 0.389. The lowest BCUT2D eigenvalue weighted by atomic mass is 9.92. The Morgan fingerprint density at radius 3 is 2.19 bits per heavy atom. The molecule has 0 spiro atoms. The molecule has 1 amide bonds. The summed E-state index contributed by atoms with van der Waals surface area (Å²) in [6.07, 6.45) is 3.92. The molecule has 0 bridgehead atoms. The summed E-state index contributed by atoms with van der Waals surface area (Å²) in [4.78, 5) is 28.1. The third kappa shape index (κ3) is 3.80. The average molecular weight is 418 g/mol. The lowest BCUT2D eigenvalue weighted by molar-refractivity contribution is -0.141. The van der Waals surface area contributed by atoms with Gasteiger partial charge in [0.15, 0.2) is 0 Å². The van der Waals surface area contributed by atoms with E-state index in [1.165, 1.54) is 5.56 Å². The van der Waals surface area contributed by atoms with Crippen molar-refractivity contribution in [2.75, 3.05) is 0 Å². The monoisotopic (exact) mass is 417 g/mol. The zero-order chi connectivity index (χ0) is 22.3. The first-order valence-corrected chi connectivity index (χ1v) is 11.3. The van der Waals surface area contributed by atoms with Crippen LogP contribution in [0.25, 0.3) is 5.76 Å². The maximum atomic E-state index is 13.2. The van der Waals surface area contributed by atoms with Crippen LogP contribution in [0.4, 0.5) is 0 Å². The van der Waals surface area contributed by atoms with E-state index in [0.29, 0.717) is 11.5 Å². The smallest absolute Gasteiger partial charge is 0.295 e. The second kappa shape index (κ2) is 8.33. The van der Waals surface area contributed by atoms with Crippen LogP contribution in [0.5, 0.6) is 0 Å². The second-order valence-corrected chi connectivity index (χ2v) is 9.27. The summed E-state index contributed by atoms with van der Waals surface area (Å²) in [5, 5.41) is 11.2. The maximum absolute atomic E-state index is 13.2. The van der Waals surface area contributed by atoms with Crippen LogP contribution in [0.1, 0.15) is 79.3 Å². The van der Waals surface area contributed by atoms with Crippen molar-refractivity contribution in [3.63, 3.8) is 0 Å². The predicted octanol–water partition coefficient (Wildman–Crippen LogP) is 5.79. The molecule has 2 fully saturated rings. The Morgan fingerprint density at radius 2 is 1.61 bits per heavy atom. The molecule has 4 heteroatoms. The molecule has 1 aliphatic carbocycles. The van der Waals surface area contributed by atoms with Gasteiger partial charge in [0.25, 0.3) is 11.7 Å². The van der Waals surface area contributed by atoms with Gasteiger partial charge in [-0.15, -0.1) is 0 Å². The Balaban J connectivity index is 1.87. The first kappa shape index (κ1) is 21.4. The SMILES string of the molecule is Cc1ccc(/C(O)=C2/C(=O)C(=O)N(C3CCCC3)C2c2ccc(C(C)C)cc2)cc1C. The first-order valence-electron chi connectivity index (χ1n) is 11.3. The molecule has 1 N–H and O–H groups in total. The largest absolute Gasteiger partial charge is 0.507 e. The molecule has 1 saturated heterocycles. The number of carbonyl (C=O) groups is 2. The fraction of sp³-hybridized carbons (Fsp3) is 0.407. The van der Waals surface area contributed by atoms with Crippen molar-refractivity contribution in [3.8, 4) is 0 Å². The van der Waals surface area contributed by atoms with Crippen LogP contribution in [0, 0.1) is 13.8 Å². The number of hydrogen-bond acceptors (Lipinski definition) is 3. The van der Waals surface area contributed by atoms with Gasteiger partial charge in [0.2, 0.25) is 0 Å². The molecule has 1 aliphatic heterocycles. The van der Waals surface area contributed by atoms with Crippen LogP contribution >= 0.6 is 0 Å². The number of Topliss-reactive ketones (excluding diaryl/α,β-unsaturated/α-hetero) is 1. The van der Waals surface area contributed by atoms with Gasteiger partial charge in [0.05, 0.1) is 11.6 Å². The second-order valence-electron chi connectivity index (χ2n) is 9.27. The number of nitrogens with zero attached hydrogens (tertiary/aromatic N) is 1. The van der Waals surface area contributed by atoms with Gasteiger partial charge in [-0.25, -0.2) is 0 Å². The van der Waals surface area contributed by atoms with Crippen LogP contribution < -0.4 is 0 Å². The van der Waals surface area contributed by atoms with E-state index in [1.54, 1.807) is 4.90 Å². The van der Waals surface area contributed by atoms with E-state index in [-0.39, 0.29) is 17.4 Å². The number of likely N-dealkylation sites (tertiary alicyclic amines) is 1. The number of ketones is 1. The summed E-state index contributed by atoms with van der Waals surface area (Å²) in [6.45, 7) is 8.26. The van der Waals surface area contributed by atoms with Gasteiger partial charge in [-0.05, 0) is 60.9 Å². The van der Waals surface area contributed by atoms with E-state index in [4.69, 9.17) is 0 Å². The number of amides is 1. The van der Waals surface area contributed by atoms with Crippen molar-refractivity contribution in [2.24, 2.45) is 0 Å². The van der Waals surface area contributed by atoms with Crippen LogP contribution in [0.3, 0.4) is 0 Å². The summed E-state index contributed by atoms with van der Waals surface area (Å²) >= 11 is 0. The molecule has 1 unspecified atom stereocenters. The highest BCUT2D eigenvalue weighted by Gasteiger charge is 2.49. The number of hydrogen-bond donors (Lipinski definition) is 1. The van der Waals surface area contributed by atoms with Gasteiger partial charge in [-0.3, -0.25) is 9.59 Å². The number of rotatable bonds is 4. The van der Waals surface area contributed by atoms with Gasteiger partial charge < -0.3 is 10.0 Å². The fourth-order valence-electron chi connectivity index (χ4n) is 4.84. The van der Waals surface area contributed by atoms with Crippen molar-refractivity contribution in [1.82, 2.24) is 4.90 Å². The average Bonchev–Trinajstić information content (AvgIpc) is 3.36. The molecule has 4 rings (SSSR count). The molecular weight excluding hydrogens is 386 g/mol. The van der Waals surface area contributed by atoms with Crippen molar-refractivity contribution in [1.29, 1.82) is 0 Å². The van der Waals surface area contributed by atoms with Gasteiger partial charge in [-0.1, -0.05) is 63.1 Å². The van der Waals surface area contributed by atoms with E-state index < -0.39 is 17.7 Å². The Bertz CT molecular complexity index is 1040. The van der Waals surface area contributed by atoms with E-state index >= 15 is 0 Å². The van der Waals surface area contributed by atoms with E-state index in [9.17, 15) is 14.7 Å². The molecule has 31 heavy (non-hydrogen) atoms. The molecule has 1 saturated carbocycles. The lowest BCUT2D eigenvalue weighted by Crippen LogP contribution is -2.37. The minimum Gasteiger partial charge on any atom is -0.507 e. The molecular formula is C27H31NO3. The minimum absolute atomic E-state index is 0.0382. The standard InChI is InChI=1S/C27H31NO3/c1-16(2)19-11-13-20(14-12-19)24-23(25(29)21-10-9-17(3)18(4)15-21)26(30)27(31)28(24)22-7-5-6-8-22/h9-16,22,24,29H,5-8H2,1-4H3/b25-23-. The van der Waals surface area contributed by atoms with Gasteiger partial charge in [0, 0.05) is 11.6 Å². The summed E-state index contributed by atoms with van der Waals surface area (Å²) < 4.78 is 0. The molecule has 4 nitrogen and oxygen atoms in total. The molecule has 0 aromatic heterocycles. The van der Waals surface area contributed by atoms with Crippen LogP contribution in [-0.2, 0) is 9.59 Å². The topological polar surface area (TPSA) is 57.6 Å². The number of benzene rings is 2. The number of aryl methyl sites for hydroxylation is 2. The van der Waals surface area contributed by atoms with E-state index in [2.05, 4.69) is 26.0 Å². The maximum Gasteiger partial charge on any atom is 0.295 e. The summed E-state index contributed by atoms with van der Waals surface area (Å²) in [5.74, 6) is -0.763. The van der Waals surface area contributed by atoms with Gasteiger partial charge in [0.1, 0.15) is 5.76 Å². The Labute approximate surface area is 184 Å². The third-order valence-electron chi connectivity index (χ3n) is 6.90. The summed E-state index contributed by atoms with van der Waals surface area (Å²) in [5.41, 5.74) is 5.01. The normalized spacial score (nSPS) is 21.5. The van der Waals surface area contributed by atoms with Gasteiger partial charge >= 0.3 is 0 Å². The van der Waals surface area contributed by atoms with Crippen LogP contribution in [0.2, 0.25) is 0 Å². The van der Waals surface area contributed by atoms with E-state index in [0.717, 1.165) is 42.4 Å². The number of aliphatic hydroxyl groups excluding tert-OH is 1. The zero-order valence-corrected chi connectivity index (χ0v) is 18.8. The summed E-state index contributed by atoms with van der Waals surface area (Å²) in [6, 6.07) is 13.2. The minimum atomic E-state index is -0.583. The highest BCUT2D eigenvalue weighted by molar-refractivity contribution is 6.46. The Morgan fingerprint density at radius 1 is 0.968 bits per heavy atom. The van der Waals surface area contributed by atoms with E-state index in [1.807, 2.05) is 44.2 Å². The zero-order valence-electron chi connectivity index (χ0n) is 18.8. The summed E-state index contributed by atoms with van der Waals surface area (Å²) in [7, 11) is 0. The van der Waals surface area contributed by atoms with Crippen LogP contribution in [0.15, 0.2) is 48.0 Å². The molecule has 2 aromatic carbocycles. The molecule has 1 heterocycles. The van der Waals surface area contributed by atoms with Gasteiger partial charge in [-0.2, -0.15) is 0 Å². The Hall–Kier alpha value is -2.88. The molecule has 2 aliphatic rings.